The molecule has 3 rings (SSSR count). The predicted molar refractivity (Wildman–Crippen MR) is 75.8 cm³/mol. The third kappa shape index (κ3) is 1.95. The van der Waals surface area contributed by atoms with Crippen LogP contribution in [0.4, 0.5) is 0 Å². The fourth-order valence-electron chi connectivity index (χ4n) is 2.98. The molecule has 0 radical (unpaired) electrons. The monoisotopic (exact) mass is 237 g/mol. The zero-order chi connectivity index (χ0) is 12.5. The summed E-state index contributed by atoms with van der Waals surface area (Å²) < 4.78 is 0. The summed E-state index contributed by atoms with van der Waals surface area (Å²) in [6.07, 6.45) is 0. The standard InChI is InChI=1S/C17H19N/c1-13-7-6-10-15-16(13)11-18(2)12-17(15)14-8-4-3-5-9-14/h3-10,17H,11-12H2,1-2H3. The van der Waals surface area contributed by atoms with Crippen LogP contribution in [0.2, 0.25) is 0 Å². The maximum atomic E-state index is 2.42. The van der Waals surface area contributed by atoms with Crippen LogP contribution >= 0.6 is 0 Å². The Kier molecular flexibility index (Phi) is 2.92. The molecule has 0 bridgehead atoms. The Bertz CT molecular complexity index is 545. The molecule has 1 aliphatic heterocycles. The second kappa shape index (κ2) is 4.58. The molecule has 0 spiro atoms. The molecule has 0 fully saturated rings. The summed E-state index contributed by atoms with van der Waals surface area (Å²) in [7, 11) is 2.21. The Morgan fingerprint density at radius 1 is 1.00 bits per heavy atom. The van der Waals surface area contributed by atoms with Gasteiger partial charge in [-0.25, -0.2) is 0 Å². The molecule has 92 valence electrons. The first-order valence-corrected chi connectivity index (χ1v) is 6.57. The molecule has 0 saturated carbocycles. The first kappa shape index (κ1) is 11.5. The number of likely N-dealkylation sites (N-methyl/N-ethyl adjacent to an activating group) is 1. The minimum absolute atomic E-state index is 0.514. The SMILES string of the molecule is Cc1cccc2c1CN(C)CC2c1ccccc1. The van der Waals surface area contributed by atoms with Crippen molar-refractivity contribution in [2.75, 3.05) is 13.6 Å². The molecule has 1 aliphatic rings. The molecule has 1 heteroatoms. The number of hydrogen-bond donors (Lipinski definition) is 0. The molecular weight excluding hydrogens is 218 g/mol. The van der Waals surface area contributed by atoms with Crippen molar-refractivity contribution in [2.45, 2.75) is 19.4 Å². The third-order valence-corrected chi connectivity index (χ3v) is 3.95. The van der Waals surface area contributed by atoms with Gasteiger partial charge < -0.3 is 4.90 Å². The van der Waals surface area contributed by atoms with Gasteiger partial charge in [-0.3, -0.25) is 0 Å². The van der Waals surface area contributed by atoms with Gasteiger partial charge >= 0.3 is 0 Å². The van der Waals surface area contributed by atoms with Gasteiger partial charge in [0.25, 0.3) is 0 Å². The summed E-state index contributed by atoms with van der Waals surface area (Å²) in [4.78, 5) is 2.42. The van der Waals surface area contributed by atoms with Crippen molar-refractivity contribution >= 4 is 0 Å². The van der Waals surface area contributed by atoms with Gasteiger partial charge in [-0.05, 0) is 36.2 Å². The van der Waals surface area contributed by atoms with Crippen molar-refractivity contribution in [3.63, 3.8) is 0 Å². The lowest BCUT2D eigenvalue weighted by atomic mass is 9.83. The van der Waals surface area contributed by atoms with Crippen LogP contribution in [-0.2, 0) is 6.54 Å². The van der Waals surface area contributed by atoms with Crippen molar-refractivity contribution in [2.24, 2.45) is 0 Å². The average molecular weight is 237 g/mol. The van der Waals surface area contributed by atoms with Gasteiger partial charge in [0.2, 0.25) is 0 Å². The number of hydrogen-bond acceptors (Lipinski definition) is 1. The molecular formula is C17H19N. The largest absolute Gasteiger partial charge is 0.301 e. The molecule has 1 nitrogen and oxygen atoms in total. The summed E-state index contributed by atoms with van der Waals surface area (Å²) in [5.74, 6) is 0.514. The first-order chi connectivity index (χ1) is 8.75. The maximum Gasteiger partial charge on any atom is 0.0236 e. The minimum Gasteiger partial charge on any atom is -0.301 e. The number of rotatable bonds is 1. The van der Waals surface area contributed by atoms with Gasteiger partial charge in [-0.15, -0.1) is 0 Å². The summed E-state index contributed by atoms with van der Waals surface area (Å²) >= 11 is 0. The molecule has 0 N–H and O–H groups in total. The van der Waals surface area contributed by atoms with E-state index in [0.717, 1.165) is 13.1 Å². The zero-order valence-electron chi connectivity index (χ0n) is 11.1. The van der Waals surface area contributed by atoms with Crippen molar-refractivity contribution in [1.82, 2.24) is 4.90 Å². The smallest absolute Gasteiger partial charge is 0.0236 e. The van der Waals surface area contributed by atoms with E-state index in [1.54, 1.807) is 0 Å². The van der Waals surface area contributed by atoms with Gasteiger partial charge in [0.15, 0.2) is 0 Å². The van der Waals surface area contributed by atoms with Crippen LogP contribution in [0.3, 0.4) is 0 Å². The van der Waals surface area contributed by atoms with Crippen LogP contribution in [0.25, 0.3) is 0 Å². The molecule has 0 aliphatic carbocycles. The highest BCUT2D eigenvalue weighted by Gasteiger charge is 2.25. The van der Waals surface area contributed by atoms with Gasteiger partial charge in [-0.1, -0.05) is 48.5 Å². The van der Waals surface area contributed by atoms with Crippen molar-refractivity contribution in [3.8, 4) is 0 Å². The Morgan fingerprint density at radius 3 is 2.56 bits per heavy atom. The molecule has 1 heterocycles. The Hall–Kier alpha value is -1.60. The van der Waals surface area contributed by atoms with E-state index < -0.39 is 0 Å². The van der Waals surface area contributed by atoms with Gasteiger partial charge in [-0.2, -0.15) is 0 Å². The van der Waals surface area contributed by atoms with Crippen LogP contribution in [0, 0.1) is 6.92 Å². The maximum absolute atomic E-state index is 2.42. The van der Waals surface area contributed by atoms with E-state index in [2.05, 4.69) is 67.4 Å². The van der Waals surface area contributed by atoms with Crippen LogP contribution < -0.4 is 0 Å². The molecule has 1 unspecified atom stereocenters. The van der Waals surface area contributed by atoms with Crippen LogP contribution in [0.5, 0.6) is 0 Å². The fraction of sp³-hybridized carbons (Fsp3) is 0.294. The second-order valence-corrected chi connectivity index (χ2v) is 5.30. The molecule has 0 saturated heterocycles. The number of fused-ring (bicyclic) bond motifs is 1. The number of nitrogens with zero attached hydrogens (tertiary/aromatic N) is 1. The summed E-state index contributed by atoms with van der Waals surface area (Å²) in [5, 5.41) is 0. The Morgan fingerprint density at radius 2 is 1.78 bits per heavy atom. The van der Waals surface area contributed by atoms with E-state index in [-0.39, 0.29) is 0 Å². The highest BCUT2D eigenvalue weighted by Crippen LogP contribution is 2.34. The quantitative estimate of drug-likeness (QED) is 0.733. The highest BCUT2D eigenvalue weighted by atomic mass is 15.1. The molecule has 1 atom stereocenters. The lowest BCUT2D eigenvalue weighted by Gasteiger charge is -2.33. The molecule has 2 aromatic rings. The normalized spacial score (nSPS) is 19.6. The number of benzene rings is 2. The lowest BCUT2D eigenvalue weighted by Crippen LogP contribution is -2.31. The third-order valence-electron chi connectivity index (χ3n) is 3.95. The van der Waals surface area contributed by atoms with Gasteiger partial charge in [0.05, 0.1) is 0 Å². The van der Waals surface area contributed by atoms with Crippen molar-refractivity contribution in [1.29, 1.82) is 0 Å². The Labute approximate surface area is 109 Å². The zero-order valence-corrected chi connectivity index (χ0v) is 11.1. The molecule has 2 aromatic carbocycles. The molecule has 0 amide bonds. The topological polar surface area (TPSA) is 3.24 Å². The van der Waals surface area contributed by atoms with E-state index in [1.165, 1.54) is 22.3 Å². The summed E-state index contributed by atoms with van der Waals surface area (Å²) in [6.45, 7) is 4.41. The average Bonchev–Trinajstić information content (AvgIpc) is 2.40. The minimum atomic E-state index is 0.514. The van der Waals surface area contributed by atoms with E-state index in [4.69, 9.17) is 0 Å². The van der Waals surface area contributed by atoms with E-state index in [9.17, 15) is 0 Å². The lowest BCUT2D eigenvalue weighted by molar-refractivity contribution is 0.294. The predicted octanol–water partition coefficient (Wildman–Crippen LogP) is 3.57. The summed E-state index contributed by atoms with van der Waals surface area (Å²) in [6, 6.07) is 17.6. The fourth-order valence-corrected chi connectivity index (χ4v) is 2.98. The van der Waals surface area contributed by atoms with Gasteiger partial charge in [0, 0.05) is 19.0 Å². The molecule has 0 aromatic heterocycles. The van der Waals surface area contributed by atoms with Crippen LogP contribution in [0.1, 0.15) is 28.2 Å². The van der Waals surface area contributed by atoms with Crippen molar-refractivity contribution < 1.29 is 0 Å². The van der Waals surface area contributed by atoms with Crippen LogP contribution in [-0.4, -0.2) is 18.5 Å². The number of aryl methyl sites for hydroxylation is 1. The van der Waals surface area contributed by atoms with Crippen LogP contribution in [0.15, 0.2) is 48.5 Å². The summed E-state index contributed by atoms with van der Waals surface area (Å²) in [5.41, 5.74) is 5.87. The molecule has 18 heavy (non-hydrogen) atoms. The van der Waals surface area contributed by atoms with Crippen molar-refractivity contribution in [3.05, 3.63) is 70.8 Å². The highest BCUT2D eigenvalue weighted by molar-refractivity contribution is 5.43. The van der Waals surface area contributed by atoms with E-state index >= 15 is 0 Å². The van der Waals surface area contributed by atoms with E-state index in [1.807, 2.05) is 0 Å². The van der Waals surface area contributed by atoms with Gasteiger partial charge in [0.1, 0.15) is 0 Å². The second-order valence-electron chi connectivity index (χ2n) is 5.30. The Balaban J connectivity index is 2.11. The van der Waals surface area contributed by atoms with E-state index in [0.29, 0.717) is 5.92 Å². The first-order valence-electron chi connectivity index (χ1n) is 6.57.